The van der Waals surface area contributed by atoms with Gasteiger partial charge in [-0.25, -0.2) is 0 Å². The number of hydrogen-bond acceptors (Lipinski definition) is 2. The molecule has 0 amide bonds. The van der Waals surface area contributed by atoms with Crippen molar-refractivity contribution >= 4 is 24.7 Å². The molecule has 0 rings (SSSR count). The maximum absolute atomic E-state index is 10.4. The number of phosphoric ester groups is 1. The molecule has 0 radical (unpaired) electrons. The van der Waals surface area contributed by atoms with Gasteiger partial charge in [0.05, 0.1) is 0 Å². The summed E-state index contributed by atoms with van der Waals surface area (Å²) in [5, 5.41) is 0. The fraction of sp³-hybridized carbons (Fsp3) is 1.00. The predicted octanol–water partition coefficient (Wildman–Crippen LogP) is 0.635. The standard InChI is InChI=1S/C6H16AsO4P/c1-2-3-4-5-6(7)11-12(8,9)10/h6H,2-5,7H2,1H3,(H2,8,9,10). The molecule has 4 nitrogen and oxygen atoms in total. The van der Waals surface area contributed by atoms with E-state index in [1.807, 2.05) is 0 Å². The van der Waals surface area contributed by atoms with Gasteiger partial charge in [0.2, 0.25) is 0 Å². The van der Waals surface area contributed by atoms with Crippen molar-refractivity contribution in [3.05, 3.63) is 0 Å². The van der Waals surface area contributed by atoms with Gasteiger partial charge in [-0.3, -0.25) is 0 Å². The number of phosphoric acid groups is 1. The summed E-state index contributed by atoms with van der Waals surface area (Å²) >= 11 is 1.22. The summed E-state index contributed by atoms with van der Waals surface area (Å²) in [6, 6.07) is 0. The molecule has 0 aliphatic heterocycles. The van der Waals surface area contributed by atoms with Crippen molar-refractivity contribution in [1.82, 2.24) is 0 Å². The van der Waals surface area contributed by atoms with E-state index < -0.39 is 7.82 Å². The summed E-state index contributed by atoms with van der Waals surface area (Å²) in [6.07, 6.45) is 3.90. The molecule has 0 saturated heterocycles. The van der Waals surface area contributed by atoms with E-state index in [4.69, 9.17) is 9.79 Å². The molecule has 2 N–H and O–H groups in total. The van der Waals surface area contributed by atoms with Gasteiger partial charge in [0.1, 0.15) is 0 Å². The van der Waals surface area contributed by atoms with Crippen LogP contribution in [0.4, 0.5) is 0 Å². The normalized spacial score (nSPS) is 14.7. The first-order valence-electron chi connectivity index (χ1n) is 3.95. The Morgan fingerprint density at radius 1 is 1.50 bits per heavy atom. The van der Waals surface area contributed by atoms with Crippen molar-refractivity contribution < 1.29 is 18.9 Å². The van der Waals surface area contributed by atoms with E-state index in [2.05, 4.69) is 11.4 Å². The van der Waals surface area contributed by atoms with E-state index in [1.54, 1.807) is 0 Å². The van der Waals surface area contributed by atoms with Crippen molar-refractivity contribution in [3.8, 4) is 0 Å². The van der Waals surface area contributed by atoms with Gasteiger partial charge in [-0.05, 0) is 0 Å². The molecule has 0 aromatic rings. The van der Waals surface area contributed by atoms with E-state index in [0.29, 0.717) is 0 Å². The molecule has 74 valence electrons. The van der Waals surface area contributed by atoms with Gasteiger partial charge >= 0.3 is 81.0 Å². The zero-order valence-electron chi connectivity index (χ0n) is 7.14. The van der Waals surface area contributed by atoms with Gasteiger partial charge in [0.25, 0.3) is 0 Å². The predicted molar refractivity (Wildman–Crippen MR) is 49.6 cm³/mol. The van der Waals surface area contributed by atoms with Crippen LogP contribution in [0.15, 0.2) is 0 Å². The van der Waals surface area contributed by atoms with Gasteiger partial charge in [-0.2, -0.15) is 0 Å². The third-order valence-electron chi connectivity index (χ3n) is 1.36. The fourth-order valence-corrected chi connectivity index (χ4v) is 2.78. The third kappa shape index (κ3) is 8.76. The van der Waals surface area contributed by atoms with Crippen LogP contribution in [0.5, 0.6) is 0 Å². The molecule has 0 aromatic carbocycles. The Balaban J connectivity index is 3.46. The van der Waals surface area contributed by atoms with Crippen LogP contribution in [0.2, 0.25) is 0 Å². The second-order valence-electron chi connectivity index (χ2n) is 2.63. The summed E-state index contributed by atoms with van der Waals surface area (Å²) in [4.78, 5) is 16.6. The average Bonchev–Trinajstić information content (AvgIpc) is 1.84. The molecule has 6 heteroatoms. The quantitative estimate of drug-likeness (QED) is 0.416. The zero-order chi connectivity index (χ0) is 9.61. The molecule has 0 saturated carbocycles. The van der Waals surface area contributed by atoms with E-state index >= 15 is 0 Å². The molecule has 0 heterocycles. The van der Waals surface area contributed by atoms with E-state index in [9.17, 15) is 4.57 Å². The minimum absolute atomic E-state index is 0.287. The first-order valence-corrected chi connectivity index (χ1v) is 6.88. The summed E-state index contributed by atoms with van der Waals surface area (Å²) in [7, 11) is -4.25. The van der Waals surface area contributed by atoms with Gasteiger partial charge in [0, 0.05) is 0 Å². The van der Waals surface area contributed by atoms with Crippen molar-refractivity contribution in [2.75, 3.05) is 0 Å². The van der Waals surface area contributed by atoms with Crippen LogP contribution in [0, 0.1) is 0 Å². The van der Waals surface area contributed by atoms with Crippen LogP contribution >= 0.6 is 7.82 Å². The first kappa shape index (κ1) is 12.7. The summed E-state index contributed by atoms with van der Waals surface area (Å²) in [6.45, 7) is 2.08. The Morgan fingerprint density at radius 3 is 2.50 bits per heavy atom. The van der Waals surface area contributed by atoms with Crippen LogP contribution in [0.1, 0.15) is 32.6 Å². The first-order chi connectivity index (χ1) is 5.45. The SMILES string of the molecule is CCCCCC([AsH2])OP(=O)(O)O. The molecule has 0 aliphatic carbocycles. The molecule has 0 fully saturated rings. The Bertz CT molecular complexity index is 158. The Labute approximate surface area is 81.4 Å². The van der Waals surface area contributed by atoms with Crippen LogP contribution in [-0.2, 0) is 9.09 Å². The Hall–Kier alpha value is 0.668. The summed E-state index contributed by atoms with van der Waals surface area (Å²) in [5.41, 5.74) is 0. The zero-order valence-corrected chi connectivity index (χ0v) is 10.5. The van der Waals surface area contributed by atoms with Crippen molar-refractivity contribution in [3.63, 3.8) is 0 Å². The number of rotatable bonds is 6. The van der Waals surface area contributed by atoms with Gasteiger partial charge in [0.15, 0.2) is 0 Å². The fourth-order valence-electron chi connectivity index (χ4n) is 0.825. The van der Waals surface area contributed by atoms with Crippen LogP contribution < -0.4 is 0 Å². The average molecular weight is 258 g/mol. The second kappa shape index (κ2) is 6.17. The molecule has 0 aromatic heterocycles. The van der Waals surface area contributed by atoms with Crippen LogP contribution in [0.3, 0.4) is 0 Å². The van der Waals surface area contributed by atoms with Gasteiger partial charge < -0.3 is 0 Å². The van der Waals surface area contributed by atoms with E-state index in [-0.39, 0.29) is 4.89 Å². The Kier molecular flexibility index (Phi) is 6.52. The topological polar surface area (TPSA) is 66.8 Å². The molecule has 2 atom stereocenters. The molecule has 12 heavy (non-hydrogen) atoms. The summed E-state index contributed by atoms with van der Waals surface area (Å²) < 4.78 is 14.8. The second-order valence-corrected chi connectivity index (χ2v) is 5.38. The molecular formula is C6H16AsO4P. The van der Waals surface area contributed by atoms with Crippen molar-refractivity contribution in [1.29, 1.82) is 0 Å². The minimum atomic E-state index is -4.25. The molecule has 0 bridgehead atoms. The van der Waals surface area contributed by atoms with Gasteiger partial charge in [-0.1, -0.05) is 0 Å². The molecule has 0 spiro atoms. The molecule has 0 aliphatic rings. The van der Waals surface area contributed by atoms with Crippen LogP contribution in [-0.4, -0.2) is 31.5 Å². The number of unbranched alkanes of at least 4 members (excludes halogenated alkanes) is 2. The van der Waals surface area contributed by atoms with E-state index in [1.165, 1.54) is 16.9 Å². The maximum atomic E-state index is 10.4. The number of hydrogen-bond donors (Lipinski definition) is 2. The van der Waals surface area contributed by atoms with Crippen molar-refractivity contribution in [2.24, 2.45) is 0 Å². The molecule has 2 unspecified atom stereocenters. The monoisotopic (exact) mass is 258 g/mol. The summed E-state index contributed by atoms with van der Waals surface area (Å²) in [5.74, 6) is 0. The van der Waals surface area contributed by atoms with Crippen molar-refractivity contribution in [2.45, 2.75) is 37.5 Å². The van der Waals surface area contributed by atoms with Gasteiger partial charge in [-0.15, -0.1) is 0 Å². The Morgan fingerprint density at radius 2 is 2.08 bits per heavy atom. The third-order valence-corrected chi connectivity index (χ3v) is 3.38. The van der Waals surface area contributed by atoms with E-state index in [0.717, 1.165) is 25.7 Å². The molecular weight excluding hydrogens is 242 g/mol. The van der Waals surface area contributed by atoms with Crippen LogP contribution in [0.25, 0.3) is 0 Å².